The van der Waals surface area contributed by atoms with Gasteiger partial charge in [-0.05, 0) is 41.6 Å². The lowest BCUT2D eigenvalue weighted by atomic mass is 10.0. The van der Waals surface area contributed by atoms with Gasteiger partial charge in [0.05, 0.1) is 5.02 Å². The molecule has 0 saturated carbocycles. The first-order valence-electron chi connectivity index (χ1n) is 9.76. The van der Waals surface area contributed by atoms with Crippen molar-refractivity contribution in [2.75, 3.05) is 13.2 Å². The number of aromatic nitrogens is 2. The van der Waals surface area contributed by atoms with Crippen LogP contribution in [0, 0.1) is 6.92 Å². The molecule has 0 amide bonds. The number of nitrogens with one attached hydrogen (secondary N) is 1. The van der Waals surface area contributed by atoms with Crippen molar-refractivity contribution in [3.05, 3.63) is 80.3 Å². The summed E-state index contributed by atoms with van der Waals surface area (Å²) < 4.78 is 7.27. The number of aromatic amines is 1. The van der Waals surface area contributed by atoms with Crippen LogP contribution in [0.3, 0.4) is 0 Å². The maximum atomic E-state index is 11.2. The molecule has 2 aromatic carbocycles. The topological polar surface area (TPSA) is 58.2 Å². The molecule has 3 heterocycles. The van der Waals surface area contributed by atoms with Gasteiger partial charge in [0.1, 0.15) is 12.4 Å². The lowest BCUT2D eigenvalue weighted by molar-refractivity contribution is 0.219. The molecular weight excluding hydrogens is 418 g/mol. The van der Waals surface area contributed by atoms with Crippen LogP contribution in [0.25, 0.3) is 21.2 Å². The van der Waals surface area contributed by atoms with E-state index in [4.69, 9.17) is 16.3 Å². The van der Waals surface area contributed by atoms with E-state index in [2.05, 4.69) is 51.4 Å². The van der Waals surface area contributed by atoms with E-state index < -0.39 is 0 Å². The minimum Gasteiger partial charge on any atom is -0.490 e. The first-order chi connectivity index (χ1) is 14.6. The van der Waals surface area contributed by atoms with Crippen LogP contribution in [0.4, 0.5) is 0 Å². The van der Waals surface area contributed by atoms with Gasteiger partial charge in [-0.2, -0.15) is 0 Å². The summed E-state index contributed by atoms with van der Waals surface area (Å²) >= 11 is 8.40. The number of thiophene rings is 1. The smallest absolute Gasteiger partial charge is 0.344 e. The van der Waals surface area contributed by atoms with Crippen LogP contribution in [0.1, 0.15) is 16.7 Å². The first-order valence-corrected chi connectivity index (χ1v) is 11.0. The molecular formula is C23H20ClN3O2S. The molecule has 152 valence electrons. The number of H-pyrrole nitrogens is 1. The van der Waals surface area contributed by atoms with Crippen LogP contribution in [-0.2, 0) is 13.1 Å². The summed E-state index contributed by atoms with van der Waals surface area (Å²) in [5, 5.41) is 4.08. The van der Waals surface area contributed by atoms with Gasteiger partial charge in [0.25, 0.3) is 0 Å². The van der Waals surface area contributed by atoms with E-state index in [1.807, 2.05) is 6.07 Å². The summed E-state index contributed by atoms with van der Waals surface area (Å²) in [6, 6.07) is 10.7. The summed E-state index contributed by atoms with van der Waals surface area (Å²) in [6.45, 7) is 4.82. The normalized spacial score (nSPS) is 14.3. The monoisotopic (exact) mass is 437 g/mol. The maximum Gasteiger partial charge on any atom is 0.344 e. The third-order valence-corrected chi connectivity index (χ3v) is 6.57. The third-order valence-electron chi connectivity index (χ3n) is 5.35. The van der Waals surface area contributed by atoms with Gasteiger partial charge < -0.3 is 9.72 Å². The van der Waals surface area contributed by atoms with Gasteiger partial charge in [-0.15, -0.1) is 11.3 Å². The molecule has 0 radical (unpaired) electrons. The predicted octanol–water partition coefficient (Wildman–Crippen LogP) is 5.01. The molecule has 0 bridgehead atoms. The number of nitrogens with zero attached hydrogens (tertiary/aromatic N) is 2. The highest BCUT2D eigenvalue weighted by Crippen LogP contribution is 2.40. The molecule has 5 rings (SSSR count). The second-order valence-electron chi connectivity index (χ2n) is 7.58. The van der Waals surface area contributed by atoms with Crippen LogP contribution >= 0.6 is 22.9 Å². The van der Waals surface area contributed by atoms with Gasteiger partial charge in [-0.1, -0.05) is 23.7 Å². The van der Waals surface area contributed by atoms with Crippen molar-refractivity contribution < 1.29 is 4.74 Å². The Balaban J connectivity index is 1.50. The highest BCUT2D eigenvalue weighted by molar-refractivity contribution is 7.17. The van der Waals surface area contributed by atoms with E-state index in [1.165, 1.54) is 21.2 Å². The third kappa shape index (κ3) is 3.74. The van der Waals surface area contributed by atoms with E-state index >= 15 is 0 Å². The Morgan fingerprint density at radius 2 is 2.20 bits per heavy atom. The molecule has 2 aromatic heterocycles. The van der Waals surface area contributed by atoms with Crippen LogP contribution < -0.4 is 10.4 Å². The van der Waals surface area contributed by atoms with Crippen LogP contribution in [0.5, 0.6) is 5.75 Å². The molecule has 0 saturated heterocycles. The predicted molar refractivity (Wildman–Crippen MR) is 121 cm³/mol. The number of benzene rings is 2. The van der Waals surface area contributed by atoms with E-state index in [9.17, 15) is 4.79 Å². The summed E-state index contributed by atoms with van der Waals surface area (Å²) in [5.74, 6) is 0.762. The minimum atomic E-state index is -0.335. The molecule has 7 heteroatoms. The van der Waals surface area contributed by atoms with Gasteiger partial charge >= 0.3 is 5.69 Å². The Morgan fingerprint density at radius 3 is 3.03 bits per heavy atom. The maximum absolute atomic E-state index is 11.2. The molecule has 0 atom stereocenters. The SMILES string of the molecule is Cc1ccc2c(-c3cc(Cl)c4c(c3)CN(Cc3cnc(=O)[nH]c3)CCO4)csc2c1. The molecule has 1 N–H and O–H groups in total. The Kier molecular flexibility index (Phi) is 5.06. The van der Waals surface area contributed by atoms with E-state index in [1.54, 1.807) is 23.7 Å². The lowest BCUT2D eigenvalue weighted by Crippen LogP contribution is -2.26. The average molecular weight is 438 g/mol. The molecule has 0 spiro atoms. The minimum absolute atomic E-state index is 0.335. The fraction of sp³-hybridized carbons (Fsp3) is 0.217. The Bertz CT molecular complexity index is 1280. The van der Waals surface area contributed by atoms with E-state index in [0.717, 1.165) is 29.0 Å². The van der Waals surface area contributed by atoms with Crippen molar-refractivity contribution in [1.82, 2.24) is 14.9 Å². The lowest BCUT2D eigenvalue weighted by Gasteiger charge is -2.19. The summed E-state index contributed by atoms with van der Waals surface area (Å²) in [5.41, 5.74) is 5.25. The van der Waals surface area contributed by atoms with Gasteiger partial charge in [0.2, 0.25) is 0 Å². The van der Waals surface area contributed by atoms with Crippen molar-refractivity contribution in [3.63, 3.8) is 0 Å². The average Bonchev–Trinajstić information content (AvgIpc) is 3.02. The van der Waals surface area contributed by atoms with Crippen molar-refractivity contribution in [2.24, 2.45) is 0 Å². The zero-order valence-corrected chi connectivity index (χ0v) is 18.0. The van der Waals surface area contributed by atoms with Gasteiger partial charge in [0.15, 0.2) is 0 Å². The number of hydrogen-bond acceptors (Lipinski definition) is 5. The van der Waals surface area contributed by atoms with Crippen LogP contribution in [0.2, 0.25) is 5.02 Å². The molecule has 0 fully saturated rings. The molecule has 0 unspecified atom stereocenters. The number of ether oxygens (including phenoxy) is 1. The fourth-order valence-electron chi connectivity index (χ4n) is 3.89. The highest BCUT2D eigenvalue weighted by atomic mass is 35.5. The Hall–Kier alpha value is -2.67. The number of fused-ring (bicyclic) bond motifs is 2. The van der Waals surface area contributed by atoms with Crippen LogP contribution in [0.15, 0.2) is 52.9 Å². The van der Waals surface area contributed by atoms with Crippen LogP contribution in [-0.4, -0.2) is 28.0 Å². The second kappa shape index (κ2) is 7.87. The number of halogens is 1. The van der Waals surface area contributed by atoms with Gasteiger partial charge in [-0.25, -0.2) is 9.78 Å². The zero-order valence-electron chi connectivity index (χ0n) is 16.4. The Labute approximate surface area is 182 Å². The molecule has 0 aliphatic carbocycles. The molecule has 4 aromatic rings. The van der Waals surface area contributed by atoms with Gasteiger partial charge in [-0.3, -0.25) is 4.90 Å². The zero-order chi connectivity index (χ0) is 20.7. The highest BCUT2D eigenvalue weighted by Gasteiger charge is 2.20. The van der Waals surface area contributed by atoms with E-state index in [-0.39, 0.29) is 5.69 Å². The first kappa shape index (κ1) is 19.3. The Morgan fingerprint density at radius 1 is 1.30 bits per heavy atom. The van der Waals surface area contributed by atoms with Crippen molar-refractivity contribution >= 4 is 33.0 Å². The number of hydrogen-bond donors (Lipinski definition) is 1. The van der Waals surface area contributed by atoms with Crippen molar-refractivity contribution in [1.29, 1.82) is 0 Å². The second-order valence-corrected chi connectivity index (χ2v) is 8.90. The van der Waals surface area contributed by atoms with Crippen molar-refractivity contribution in [3.8, 4) is 16.9 Å². The molecule has 5 nitrogen and oxygen atoms in total. The quantitative estimate of drug-likeness (QED) is 0.489. The summed E-state index contributed by atoms with van der Waals surface area (Å²) in [6.07, 6.45) is 3.33. The summed E-state index contributed by atoms with van der Waals surface area (Å²) in [7, 11) is 0. The molecule has 1 aliphatic heterocycles. The largest absolute Gasteiger partial charge is 0.490 e. The number of aryl methyl sites for hydroxylation is 1. The van der Waals surface area contributed by atoms with Crippen molar-refractivity contribution in [2.45, 2.75) is 20.0 Å². The molecule has 1 aliphatic rings. The number of rotatable bonds is 3. The standard InChI is InChI=1S/C23H20ClN3O2S/c1-14-2-3-18-19(13-30-21(18)6-14)16-7-17-12-27(4-5-29-22(17)20(24)8-16)11-15-9-25-23(28)26-10-15/h2-3,6-10,13H,4-5,11-12H2,1H3,(H,25,26,28). The molecule has 30 heavy (non-hydrogen) atoms. The fourth-order valence-corrected chi connectivity index (χ4v) is 5.25. The summed E-state index contributed by atoms with van der Waals surface area (Å²) in [4.78, 5) is 19.9. The van der Waals surface area contributed by atoms with Gasteiger partial charge in [0, 0.05) is 58.8 Å². The van der Waals surface area contributed by atoms with E-state index in [0.29, 0.717) is 24.7 Å².